The van der Waals surface area contributed by atoms with E-state index in [2.05, 4.69) is 34.3 Å². The Morgan fingerprint density at radius 1 is 1.18 bits per heavy atom. The van der Waals surface area contributed by atoms with Gasteiger partial charge in [-0.15, -0.1) is 6.58 Å². The predicted molar refractivity (Wildman–Crippen MR) is 90.0 cm³/mol. The number of carbonyl (C=O) groups excluding carboxylic acids is 1. The van der Waals surface area contributed by atoms with Crippen LogP contribution in [0.2, 0.25) is 0 Å². The van der Waals surface area contributed by atoms with E-state index < -0.39 is 0 Å². The number of aryl methyl sites for hydroxylation is 1. The van der Waals surface area contributed by atoms with E-state index in [-0.39, 0.29) is 5.91 Å². The Morgan fingerprint density at radius 3 is 2.68 bits per heavy atom. The fraction of sp³-hybridized carbons (Fsp3) is 0.222. The maximum absolute atomic E-state index is 12.0. The van der Waals surface area contributed by atoms with Gasteiger partial charge in [0, 0.05) is 13.1 Å². The number of hydrogen-bond acceptors (Lipinski definition) is 3. The van der Waals surface area contributed by atoms with Crippen LogP contribution in [0.1, 0.15) is 22.5 Å². The molecule has 0 saturated carbocycles. The van der Waals surface area contributed by atoms with Gasteiger partial charge >= 0.3 is 0 Å². The third kappa shape index (κ3) is 5.05. The van der Waals surface area contributed by atoms with E-state index >= 15 is 0 Å². The fourth-order valence-electron chi connectivity index (χ4n) is 2.05. The molecule has 0 fully saturated rings. The van der Waals surface area contributed by atoms with Crippen molar-refractivity contribution in [3.8, 4) is 0 Å². The van der Waals surface area contributed by atoms with Crippen LogP contribution in [-0.4, -0.2) is 24.0 Å². The molecule has 1 aromatic heterocycles. The lowest BCUT2D eigenvalue weighted by Crippen LogP contribution is -2.25. The molecule has 1 heterocycles. The molecule has 0 bridgehead atoms. The van der Waals surface area contributed by atoms with E-state index in [1.165, 1.54) is 5.56 Å². The van der Waals surface area contributed by atoms with Gasteiger partial charge in [0.05, 0.1) is 11.9 Å². The Hall–Kier alpha value is -2.62. The SMILES string of the molecule is C=CCNc1ccc(C(=O)NCCCc2ccccc2)nc1. The second-order valence-corrected chi connectivity index (χ2v) is 4.95. The number of anilines is 1. The first kappa shape index (κ1) is 15.8. The average molecular weight is 295 g/mol. The number of carbonyl (C=O) groups is 1. The number of rotatable bonds is 8. The molecule has 0 aliphatic rings. The van der Waals surface area contributed by atoms with Crippen LogP contribution >= 0.6 is 0 Å². The van der Waals surface area contributed by atoms with Gasteiger partial charge in [0.2, 0.25) is 0 Å². The Labute approximate surface area is 131 Å². The van der Waals surface area contributed by atoms with E-state index in [0.717, 1.165) is 18.5 Å². The summed E-state index contributed by atoms with van der Waals surface area (Å²) in [5.74, 6) is -0.136. The van der Waals surface area contributed by atoms with Crippen molar-refractivity contribution in [3.05, 3.63) is 72.6 Å². The second kappa shape index (κ2) is 8.62. The Balaban J connectivity index is 1.73. The molecular weight excluding hydrogens is 274 g/mol. The summed E-state index contributed by atoms with van der Waals surface area (Å²) in [4.78, 5) is 16.1. The number of hydrogen-bond donors (Lipinski definition) is 2. The van der Waals surface area contributed by atoms with Crippen LogP contribution < -0.4 is 10.6 Å². The summed E-state index contributed by atoms with van der Waals surface area (Å²) in [7, 11) is 0. The Kier molecular flexibility index (Phi) is 6.18. The third-order valence-corrected chi connectivity index (χ3v) is 3.22. The highest BCUT2D eigenvalue weighted by Crippen LogP contribution is 2.06. The first-order valence-electron chi connectivity index (χ1n) is 7.42. The zero-order chi connectivity index (χ0) is 15.6. The standard InChI is InChI=1S/C18H21N3O/c1-2-12-19-16-10-11-17(21-14-16)18(22)20-13-6-9-15-7-4-3-5-8-15/h2-5,7-8,10-11,14,19H,1,6,9,12-13H2,(H,20,22). The summed E-state index contributed by atoms with van der Waals surface area (Å²) in [6.07, 6.45) is 5.30. The summed E-state index contributed by atoms with van der Waals surface area (Å²) < 4.78 is 0. The molecule has 4 nitrogen and oxygen atoms in total. The average Bonchev–Trinajstić information content (AvgIpc) is 2.58. The van der Waals surface area contributed by atoms with E-state index in [9.17, 15) is 4.79 Å². The topological polar surface area (TPSA) is 54.0 Å². The van der Waals surface area contributed by atoms with Gasteiger partial charge in [0.25, 0.3) is 5.91 Å². The lowest BCUT2D eigenvalue weighted by atomic mass is 10.1. The molecule has 0 unspecified atom stereocenters. The molecule has 0 aliphatic carbocycles. The van der Waals surface area contributed by atoms with Gasteiger partial charge in [-0.1, -0.05) is 36.4 Å². The lowest BCUT2D eigenvalue weighted by molar-refractivity contribution is 0.0948. The van der Waals surface area contributed by atoms with E-state index in [4.69, 9.17) is 0 Å². The number of amides is 1. The molecule has 0 spiro atoms. The highest BCUT2D eigenvalue weighted by Gasteiger charge is 2.06. The molecule has 4 heteroatoms. The van der Waals surface area contributed by atoms with Gasteiger partial charge in [0.15, 0.2) is 0 Å². The molecular formula is C18H21N3O. The van der Waals surface area contributed by atoms with Crippen molar-refractivity contribution in [2.45, 2.75) is 12.8 Å². The van der Waals surface area contributed by atoms with Crippen molar-refractivity contribution in [1.82, 2.24) is 10.3 Å². The minimum absolute atomic E-state index is 0.136. The van der Waals surface area contributed by atoms with Crippen molar-refractivity contribution in [1.29, 1.82) is 0 Å². The summed E-state index contributed by atoms with van der Waals surface area (Å²) in [5.41, 5.74) is 2.59. The predicted octanol–water partition coefficient (Wildman–Crippen LogP) is 3.04. The molecule has 1 aromatic carbocycles. The normalized spacial score (nSPS) is 10.0. The number of aromatic nitrogens is 1. The fourth-order valence-corrected chi connectivity index (χ4v) is 2.05. The first-order chi connectivity index (χ1) is 10.8. The van der Waals surface area contributed by atoms with Crippen molar-refractivity contribution < 1.29 is 4.79 Å². The lowest BCUT2D eigenvalue weighted by Gasteiger charge is -2.06. The molecule has 0 atom stereocenters. The maximum atomic E-state index is 12.0. The molecule has 114 valence electrons. The molecule has 0 aliphatic heterocycles. The summed E-state index contributed by atoms with van der Waals surface area (Å²) >= 11 is 0. The highest BCUT2D eigenvalue weighted by atomic mass is 16.1. The molecule has 0 radical (unpaired) electrons. The van der Waals surface area contributed by atoms with Gasteiger partial charge in [-0.05, 0) is 30.5 Å². The molecule has 2 N–H and O–H groups in total. The smallest absolute Gasteiger partial charge is 0.269 e. The number of nitrogens with one attached hydrogen (secondary N) is 2. The number of benzene rings is 1. The van der Waals surface area contributed by atoms with Crippen LogP contribution in [0.3, 0.4) is 0 Å². The largest absolute Gasteiger partial charge is 0.380 e. The quantitative estimate of drug-likeness (QED) is 0.581. The molecule has 0 saturated heterocycles. The highest BCUT2D eigenvalue weighted by molar-refractivity contribution is 5.92. The van der Waals surface area contributed by atoms with Crippen LogP contribution in [0.15, 0.2) is 61.3 Å². The van der Waals surface area contributed by atoms with Gasteiger partial charge in [0.1, 0.15) is 5.69 Å². The number of nitrogens with zero attached hydrogens (tertiary/aromatic N) is 1. The van der Waals surface area contributed by atoms with Crippen LogP contribution in [0.4, 0.5) is 5.69 Å². The van der Waals surface area contributed by atoms with Crippen LogP contribution in [0, 0.1) is 0 Å². The van der Waals surface area contributed by atoms with Gasteiger partial charge in [-0.2, -0.15) is 0 Å². The van der Waals surface area contributed by atoms with Crippen molar-refractivity contribution in [3.63, 3.8) is 0 Å². The number of pyridine rings is 1. The minimum Gasteiger partial charge on any atom is -0.380 e. The minimum atomic E-state index is -0.136. The van der Waals surface area contributed by atoms with Gasteiger partial charge in [-0.3, -0.25) is 4.79 Å². The summed E-state index contributed by atoms with van der Waals surface area (Å²) in [6, 6.07) is 13.8. The Bertz CT molecular complexity index is 593. The molecule has 2 aromatic rings. The van der Waals surface area contributed by atoms with E-state index in [0.29, 0.717) is 18.8 Å². The maximum Gasteiger partial charge on any atom is 0.269 e. The van der Waals surface area contributed by atoms with Gasteiger partial charge < -0.3 is 10.6 Å². The van der Waals surface area contributed by atoms with Crippen LogP contribution in [0.25, 0.3) is 0 Å². The van der Waals surface area contributed by atoms with Crippen LogP contribution in [0.5, 0.6) is 0 Å². The summed E-state index contributed by atoms with van der Waals surface area (Å²) in [5, 5.41) is 6.01. The van der Waals surface area contributed by atoms with E-state index in [1.54, 1.807) is 18.3 Å². The second-order valence-electron chi connectivity index (χ2n) is 4.95. The third-order valence-electron chi connectivity index (χ3n) is 3.22. The van der Waals surface area contributed by atoms with Crippen LogP contribution in [-0.2, 0) is 6.42 Å². The molecule has 22 heavy (non-hydrogen) atoms. The Morgan fingerprint density at radius 2 is 2.00 bits per heavy atom. The zero-order valence-electron chi connectivity index (χ0n) is 12.6. The monoisotopic (exact) mass is 295 g/mol. The molecule has 1 amide bonds. The zero-order valence-corrected chi connectivity index (χ0v) is 12.6. The van der Waals surface area contributed by atoms with Crippen molar-refractivity contribution in [2.75, 3.05) is 18.4 Å². The van der Waals surface area contributed by atoms with E-state index in [1.807, 2.05) is 24.3 Å². The first-order valence-corrected chi connectivity index (χ1v) is 7.42. The van der Waals surface area contributed by atoms with Crippen molar-refractivity contribution >= 4 is 11.6 Å². The summed E-state index contributed by atoms with van der Waals surface area (Å²) in [6.45, 7) is 4.96. The van der Waals surface area contributed by atoms with Crippen molar-refractivity contribution in [2.24, 2.45) is 0 Å². The van der Waals surface area contributed by atoms with Gasteiger partial charge in [-0.25, -0.2) is 4.98 Å². The molecule has 2 rings (SSSR count).